The average molecular weight is 566 g/mol. The number of hydrogen-bond donors (Lipinski definition) is 2. The second-order valence-corrected chi connectivity index (χ2v) is 11.4. The minimum absolute atomic E-state index is 0.121. The van der Waals surface area contributed by atoms with Gasteiger partial charge in [0.25, 0.3) is 0 Å². The quantitative estimate of drug-likeness (QED) is 0.402. The number of aryl methyl sites for hydroxylation is 1. The molecule has 2 aromatic heterocycles. The number of aliphatic hydroxyl groups excluding tert-OH is 1. The molecule has 12 heteroatoms. The van der Waals surface area contributed by atoms with Crippen molar-refractivity contribution in [3.63, 3.8) is 0 Å². The summed E-state index contributed by atoms with van der Waals surface area (Å²) >= 11 is 2.88. The summed E-state index contributed by atoms with van der Waals surface area (Å²) in [7, 11) is 0. The molecule has 1 fully saturated rings. The fourth-order valence-corrected chi connectivity index (χ4v) is 6.86. The zero-order chi connectivity index (χ0) is 26.7. The molecule has 38 heavy (non-hydrogen) atoms. The van der Waals surface area contributed by atoms with E-state index >= 15 is 0 Å². The molecule has 0 aliphatic carbocycles. The first-order chi connectivity index (χ1) is 18.4. The molecule has 204 valence electrons. The Kier molecular flexibility index (Phi) is 8.44. The molecule has 0 spiro atoms. The average Bonchev–Trinajstić information content (AvgIpc) is 3.19. The van der Waals surface area contributed by atoms with E-state index in [1.54, 1.807) is 17.8 Å². The zero-order valence-corrected chi connectivity index (χ0v) is 22.7. The van der Waals surface area contributed by atoms with Crippen molar-refractivity contribution in [1.82, 2.24) is 14.9 Å². The van der Waals surface area contributed by atoms with Gasteiger partial charge in [-0.05, 0) is 36.2 Å². The van der Waals surface area contributed by atoms with E-state index in [0.717, 1.165) is 71.3 Å². The molecule has 1 aromatic carbocycles. The number of halogens is 3. The van der Waals surface area contributed by atoms with Crippen molar-refractivity contribution < 1.29 is 23.0 Å². The monoisotopic (exact) mass is 565 g/mol. The van der Waals surface area contributed by atoms with Crippen LogP contribution in [-0.4, -0.2) is 71.7 Å². The van der Waals surface area contributed by atoms with Crippen LogP contribution in [0.1, 0.15) is 22.9 Å². The molecule has 3 aromatic rings. The molecule has 0 radical (unpaired) electrons. The van der Waals surface area contributed by atoms with Crippen LogP contribution in [0.5, 0.6) is 0 Å². The number of anilines is 3. The molecule has 2 aliphatic rings. The fourth-order valence-electron chi connectivity index (χ4n) is 4.65. The Balaban J connectivity index is 1.40. The summed E-state index contributed by atoms with van der Waals surface area (Å²) in [5, 5.41) is 12.3. The Morgan fingerprint density at radius 3 is 2.71 bits per heavy atom. The van der Waals surface area contributed by atoms with E-state index in [1.165, 1.54) is 11.3 Å². The molecular weight excluding hydrogens is 535 g/mol. The van der Waals surface area contributed by atoms with Gasteiger partial charge in [0.2, 0.25) is 5.95 Å². The molecule has 0 unspecified atom stereocenters. The van der Waals surface area contributed by atoms with E-state index < -0.39 is 11.7 Å². The highest BCUT2D eigenvalue weighted by Gasteiger charge is 2.36. The van der Waals surface area contributed by atoms with Crippen LogP contribution in [0, 0.1) is 0 Å². The maximum atomic E-state index is 13.9. The molecule has 7 nitrogen and oxygen atoms in total. The number of thiophene rings is 1. The second kappa shape index (κ2) is 11.8. The number of benzene rings is 1. The first kappa shape index (κ1) is 27.2. The van der Waals surface area contributed by atoms with E-state index in [9.17, 15) is 18.3 Å². The van der Waals surface area contributed by atoms with Gasteiger partial charge in [0, 0.05) is 65.8 Å². The smallest absolute Gasteiger partial charge is 0.395 e. The summed E-state index contributed by atoms with van der Waals surface area (Å²) in [6.45, 7) is 7.43. The highest BCUT2D eigenvalue weighted by molar-refractivity contribution is 7.99. The van der Waals surface area contributed by atoms with Crippen LogP contribution in [0.3, 0.4) is 0 Å². The van der Waals surface area contributed by atoms with Crippen LogP contribution in [0.15, 0.2) is 35.4 Å². The van der Waals surface area contributed by atoms with Gasteiger partial charge in [-0.2, -0.15) is 13.2 Å². The number of piperazine rings is 1. The molecule has 0 bridgehead atoms. The Morgan fingerprint density at radius 1 is 1.16 bits per heavy atom. The third kappa shape index (κ3) is 6.09. The van der Waals surface area contributed by atoms with E-state index in [-0.39, 0.29) is 18.2 Å². The molecule has 0 amide bonds. The number of β-amino-alcohol motifs (C(OH)–C–C–N with tert-alkyl or cyclic N) is 1. The Bertz CT molecular complexity index is 1240. The van der Waals surface area contributed by atoms with Gasteiger partial charge in [0.15, 0.2) is 0 Å². The topological polar surface area (TPSA) is 73.8 Å². The lowest BCUT2D eigenvalue weighted by molar-refractivity contribution is -0.137. The number of ether oxygens (including phenoxy) is 1. The van der Waals surface area contributed by atoms with Crippen LogP contribution in [-0.2, 0) is 23.9 Å². The summed E-state index contributed by atoms with van der Waals surface area (Å²) in [5.41, 5.74) is 1.93. The van der Waals surface area contributed by atoms with Crippen molar-refractivity contribution in [2.45, 2.75) is 31.0 Å². The van der Waals surface area contributed by atoms with Gasteiger partial charge in [-0.3, -0.25) is 4.90 Å². The van der Waals surface area contributed by atoms with Crippen molar-refractivity contribution in [2.75, 3.05) is 61.9 Å². The van der Waals surface area contributed by atoms with Gasteiger partial charge in [-0.25, -0.2) is 9.97 Å². The number of hydrogen-bond acceptors (Lipinski definition) is 9. The van der Waals surface area contributed by atoms with Crippen molar-refractivity contribution in [2.24, 2.45) is 0 Å². The Labute approximate surface area is 228 Å². The summed E-state index contributed by atoms with van der Waals surface area (Å²) in [6, 6.07) is 7.85. The van der Waals surface area contributed by atoms with Crippen LogP contribution < -0.4 is 10.2 Å². The number of alkyl halides is 3. The number of thioether (sulfide) groups is 1. The molecule has 2 aliphatic heterocycles. The van der Waals surface area contributed by atoms with Gasteiger partial charge >= 0.3 is 6.18 Å². The SMILES string of the molecule is CCc1cc(N2CCN(CCO)CC2)ccc1Nc1ncc(C(F)(F)F)c(-c2cc3c(s2)COCCS3)n1. The van der Waals surface area contributed by atoms with E-state index in [1.807, 2.05) is 19.1 Å². The maximum Gasteiger partial charge on any atom is 0.420 e. The van der Waals surface area contributed by atoms with Gasteiger partial charge in [-0.1, -0.05) is 6.92 Å². The lowest BCUT2D eigenvalue weighted by Crippen LogP contribution is -2.47. The molecule has 2 N–H and O–H groups in total. The van der Waals surface area contributed by atoms with Crippen LogP contribution in [0.25, 0.3) is 10.6 Å². The highest BCUT2D eigenvalue weighted by Crippen LogP contribution is 2.43. The molecule has 0 saturated carbocycles. The lowest BCUT2D eigenvalue weighted by atomic mass is 10.1. The number of nitrogens with zero attached hydrogens (tertiary/aromatic N) is 4. The third-order valence-electron chi connectivity index (χ3n) is 6.69. The van der Waals surface area contributed by atoms with Crippen molar-refractivity contribution in [3.8, 4) is 10.6 Å². The van der Waals surface area contributed by atoms with Gasteiger partial charge in [-0.15, -0.1) is 23.1 Å². The predicted molar refractivity (Wildman–Crippen MR) is 146 cm³/mol. The zero-order valence-electron chi connectivity index (χ0n) is 21.1. The van der Waals surface area contributed by atoms with E-state index in [2.05, 4.69) is 31.2 Å². The number of rotatable bonds is 7. The fraction of sp³-hybridized carbons (Fsp3) is 0.462. The third-order valence-corrected chi connectivity index (χ3v) is 8.98. The Hall–Kier alpha value is -2.38. The molecule has 4 heterocycles. The van der Waals surface area contributed by atoms with Gasteiger partial charge < -0.3 is 20.1 Å². The minimum Gasteiger partial charge on any atom is -0.395 e. The molecular formula is C26H30F3N5O2S2. The lowest BCUT2D eigenvalue weighted by Gasteiger charge is -2.36. The largest absolute Gasteiger partial charge is 0.420 e. The summed E-state index contributed by atoms with van der Waals surface area (Å²) in [4.78, 5) is 15.3. The number of aromatic nitrogens is 2. The normalized spacial score (nSPS) is 16.8. The van der Waals surface area contributed by atoms with Crippen LogP contribution in [0.4, 0.5) is 30.5 Å². The van der Waals surface area contributed by atoms with Crippen LogP contribution in [0.2, 0.25) is 0 Å². The number of fused-ring (bicyclic) bond motifs is 1. The van der Waals surface area contributed by atoms with Crippen molar-refractivity contribution in [3.05, 3.63) is 46.5 Å². The summed E-state index contributed by atoms with van der Waals surface area (Å²) in [5.74, 6) is 0.889. The Morgan fingerprint density at radius 2 is 1.97 bits per heavy atom. The second-order valence-electron chi connectivity index (χ2n) is 9.13. The maximum absolute atomic E-state index is 13.9. The van der Waals surface area contributed by atoms with Crippen LogP contribution >= 0.6 is 23.1 Å². The van der Waals surface area contributed by atoms with Crippen molar-refractivity contribution in [1.29, 1.82) is 0 Å². The number of aliphatic hydroxyl groups is 1. The minimum atomic E-state index is -4.57. The van der Waals surface area contributed by atoms with Gasteiger partial charge in [0.05, 0.1) is 30.4 Å². The first-order valence-electron chi connectivity index (χ1n) is 12.6. The molecule has 1 saturated heterocycles. The molecule has 5 rings (SSSR count). The van der Waals surface area contributed by atoms with E-state index in [4.69, 9.17) is 4.74 Å². The highest BCUT2D eigenvalue weighted by atomic mass is 32.2. The standard InChI is InChI=1S/C26H30F3N5O2S2/c1-2-17-13-18(34-7-5-33(6-8-34)9-10-35)3-4-20(17)31-25-30-15-19(26(27,28)29)24(32-25)22-14-21-23(38-22)16-36-11-12-37-21/h3-4,13-15,35H,2,5-12,16H2,1H3,(H,30,31,32). The van der Waals surface area contributed by atoms with E-state index in [0.29, 0.717) is 24.6 Å². The number of nitrogens with one attached hydrogen (secondary N) is 1. The molecule has 0 atom stereocenters. The summed E-state index contributed by atoms with van der Waals surface area (Å²) in [6.07, 6.45) is -2.97. The van der Waals surface area contributed by atoms with Crippen molar-refractivity contribution >= 4 is 40.4 Å². The first-order valence-corrected chi connectivity index (χ1v) is 14.4. The summed E-state index contributed by atoms with van der Waals surface area (Å²) < 4.78 is 47.3. The van der Waals surface area contributed by atoms with Gasteiger partial charge in [0.1, 0.15) is 5.56 Å². The predicted octanol–water partition coefficient (Wildman–Crippen LogP) is 5.27.